The van der Waals surface area contributed by atoms with Gasteiger partial charge in [0.25, 0.3) is 0 Å². The first-order chi connectivity index (χ1) is 21.4. The Morgan fingerprint density at radius 2 is 1.83 bits per heavy atom. The highest BCUT2D eigenvalue weighted by atomic mass is 32.2. The van der Waals surface area contributed by atoms with Gasteiger partial charge in [-0.25, -0.2) is 8.42 Å². The van der Waals surface area contributed by atoms with Crippen molar-refractivity contribution in [1.82, 2.24) is 9.62 Å². The second kappa shape index (κ2) is 14.7. The summed E-state index contributed by atoms with van der Waals surface area (Å²) in [5.41, 5.74) is -2.11. The minimum Gasteiger partial charge on any atom is -0.460 e. The number of carbonyl (C=O) groups is 4. The van der Waals surface area contributed by atoms with Crippen molar-refractivity contribution < 1.29 is 42.5 Å². The Hall–Kier alpha value is -2.57. The lowest BCUT2D eigenvalue weighted by Gasteiger charge is -2.33. The van der Waals surface area contributed by atoms with E-state index in [2.05, 4.69) is 24.8 Å². The average Bonchev–Trinajstić information content (AvgIpc) is 3.88. The summed E-state index contributed by atoms with van der Waals surface area (Å²) in [6.45, 7) is 16.1. The first-order valence-corrected chi connectivity index (χ1v) is 18.0. The van der Waals surface area contributed by atoms with Crippen molar-refractivity contribution in [3.05, 3.63) is 25.3 Å². The van der Waals surface area contributed by atoms with Gasteiger partial charge in [0.05, 0.1) is 36.5 Å². The van der Waals surface area contributed by atoms with Gasteiger partial charge in [-0.15, -0.1) is 13.2 Å². The van der Waals surface area contributed by atoms with Crippen molar-refractivity contribution in [1.29, 1.82) is 0 Å². The number of amides is 2. The van der Waals surface area contributed by atoms with Crippen molar-refractivity contribution in [2.24, 2.45) is 29.1 Å². The predicted molar refractivity (Wildman–Crippen MR) is 174 cm³/mol. The molecule has 3 fully saturated rings. The van der Waals surface area contributed by atoms with Gasteiger partial charge in [-0.05, 0) is 77.0 Å². The maximum absolute atomic E-state index is 14.3. The molecule has 1 aliphatic heterocycles. The van der Waals surface area contributed by atoms with Crippen LogP contribution in [0.2, 0.25) is 0 Å². The van der Waals surface area contributed by atoms with Crippen molar-refractivity contribution in [3.63, 3.8) is 0 Å². The lowest BCUT2D eigenvalue weighted by molar-refractivity contribution is -0.160. The highest BCUT2D eigenvalue weighted by molar-refractivity contribution is 7.91. The summed E-state index contributed by atoms with van der Waals surface area (Å²) < 4.78 is 32.1. The second-order valence-electron chi connectivity index (χ2n) is 14.8. The third-order valence-electron chi connectivity index (χ3n) is 9.97. The molecule has 3 aliphatic rings. The Kier molecular flexibility index (Phi) is 12.1. The van der Waals surface area contributed by atoms with Gasteiger partial charge in [0.15, 0.2) is 5.78 Å². The SMILES string of the molecule is C=CCC[C@@H](C)C[C@@H](CC)[C@H](CC(=O)OC(C)(C)C)C(=O)N1C[C@H](O)C[C@H]1C(=O)C[C@]1(C(=O)NS(=O)(=O)C2(CO)CC2)C[C@H]1C=C. The Morgan fingerprint density at radius 3 is 2.33 bits per heavy atom. The molecular weight excluding hydrogens is 612 g/mol. The maximum Gasteiger partial charge on any atom is 0.307 e. The van der Waals surface area contributed by atoms with Crippen molar-refractivity contribution >= 4 is 33.6 Å². The van der Waals surface area contributed by atoms with Crippen LogP contribution in [0.4, 0.5) is 0 Å². The van der Waals surface area contributed by atoms with Gasteiger partial charge in [0.1, 0.15) is 10.3 Å². The number of aliphatic hydroxyl groups is 2. The lowest BCUT2D eigenvalue weighted by atomic mass is 9.79. The Labute approximate surface area is 274 Å². The summed E-state index contributed by atoms with van der Waals surface area (Å²) in [5, 5.41) is 20.3. The maximum atomic E-state index is 14.3. The highest BCUT2D eigenvalue weighted by Crippen LogP contribution is 2.57. The molecular formula is C34H54N2O9S. The third-order valence-corrected chi connectivity index (χ3v) is 12.1. The number of ketones is 1. The van der Waals surface area contributed by atoms with Gasteiger partial charge in [0, 0.05) is 19.4 Å². The zero-order valence-electron chi connectivity index (χ0n) is 28.1. The quantitative estimate of drug-likeness (QED) is 0.147. The third kappa shape index (κ3) is 8.66. The molecule has 7 atom stereocenters. The largest absolute Gasteiger partial charge is 0.460 e. The van der Waals surface area contributed by atoms with Crippen LogP contribution in [0.15, 0.2) is 25.3 Å². The number of carbonyl (C=O) groups excluding carboxylic acids is 4. The number of β-amino-alcohol motifs (C(OH)–C–C–N with tert-alkyl or cyclic N) is 1. The van der Waals surface area contributed by atoms with E-state index in [0.717, 1.165) is 12.8 Å². The van der Waals surface area contributed by atoms with E-state index in [-0.39, 0.29) is 56.9 Å². The van der Waals surface area contributed by atoms with E-state index >= 15 is 0 Å². The molecule has 2 saturated carbocycles. The van der Waals surface area contributed by atoms with E-state index in [1.165, 1.54) is 11.0 Å². The van der Waals surface area contributed by atoms with Gasteiger partial charge in [-0.3, -0.25) is 23.9 Å². The van der Waals surface area contributed by atoms with E-state index in [1.54, 1.807) is 20.8 Å². The van der Waals surface area contributed by atoms with Crippen molar-refractivity contribution in [2.45, 2.75) is 121 Å². The highest BCUT2D eigenvalue weighted by Gasteiger charge is 2.63. The monoisotopic (exact) mass is 666 g/mol. The fourth-order valence-corrected chi connectivity index (χ4v) is 8.32. The van der Waals surface area contributed by atoms with Crippen LogP contribution in [-0.2, 0) is 33.9 Å². The first-order valence-electron chi connectivity index (χ1n) is 16.5. The molecule has 260 valence electrons. The summed E-state index contributed by atoms with van der Waals surface area (Å²) in [5.74, 6) is -3.41. The van der Waals surface area contributed by atoms with Crippen LogP contribution in [0, 0.1) is 29.1 Å². The lowest BCUT2D eigenvalue weighted by Crippen LogP contribution is -2.48. The molecule has 0 aromatic rings. The molecule has 11 nitrogen and oxygen atoms in total. The number of nitrogens with zero attached hydrogens (tertiary/aromatic N) is 1. The Balaban J connectivity index is 1.85. The number of Topliss-reactive ketones (excluding diaryl/α,β-unsaturated/α-hetero) is 1. The summed E-state index contributed by atoms with van der Waals surface area (Å²) >= 11 is 0. The van der Waals surface area contributed by atoms with Crippen LogP contribution in [-0.4, -0.2) is 82.7 Å². The molecule has 3 N–H and O–H groups in total. The van der Waals surface area contributed by atoms with Crippen molar-refractivity contribution in [3.8, 4) is 0 Å². The van der Waals surface area contributed by atoms with Gasteiger partial charge >= 0.3 is 5.97 Å². The number of hydrogen-bond donors (Lipinski definition) is 3. The van der Waals surface area contributed by atoms with E-state index in [4.69, 9.17) is 4.74 Å². The zero-order valence-corrected chi connectivity index (χ0v) is 28.9. The molecule has 1 heterocycles. The van der Waals surface area contributed by atoms with E-state index in [9.17, 15) is 37.8 Å². The molecule has 0 unspecified atom stereocenters. The zero-order chi connectivity index (χ0) is 34.7. The average molecular weight is 667 g/mol. The Bertz CT molecular complexity index is 1290. The van der Waals surface area contributed by atoms with Crippen LogP contribution in [0.1, 0.15) is 98.8 Å². The summed E-state index contributed by atoms with van der Waals surface area (Å²) in [6.07, 6.45) is 5.49. The minimum absolute atomic E-state index is 0.0291. The second-order valence-corrected chi connectivity index (χ2v) is 16.9. The topological polar surface area (TPSA) is 167 Å². The molecule has 0 aromatic heterocycles. The number of sulfonamides is 1. The number of aliphatic hydroxyl groups excluding tert-OH is 2. The van der Waals surface area contributed by atoms with Crippen molar-refractivity contribution in [2.75, 3.05) is 13.2 Å². The number of rotatable bonds is 18. The van der Waals surface area contributed by atoms with Gasteiger partial charge < -0.3 is 19.8 Å². The fraction of sp³-hybridized carbons (Fsp3) is 0.765. The van der Waals surface area contributed by atoms with E-state index in [1.807, 2.05) is 13.0 Å². The molecule has 1 saturated heterocycles. The number of allylic oxidation sites excluding steroid dienone is 2. The molecule has 2 amide bonds. The number of esters is 1. The summed E-state index contributed by atoms with van der Waals surface area (Å²) in [7, 11) is -4.17. The summed E-state index contributed by atoms with van der Waals surface area (Å²) in [4.78, 5) is 56.1. The van der Waals surface area contributed by atoms with Crippen LogP contribution in [0.3, 0.4) is 0 Å². The molecule has 0 aromatic carbocycles. The van der Waals surface area contributed by atoms with Gasteiger partial charge in [0.2, 0.25) is 21.8 Å². The predicted octanol–water partition coefficient (Wildman–Crippen LogP) is 3.44. The first kappa shape index (κ1) is 37.9. The Morgan fingerprint density at radius 1 is 1.17 bits per heavy atom. The molecule has 2 aliphatic carbocycles. The molecule has 12 heteroatoms. The minimum atomic E-state index is -4.17. The summed E-state index contributed by atoms with van der Waals surface area (Å²) in [6, 6.07) is -1.04. The molecule has 46 heavy (non-hydrogen) atoms. The van der Waals surface area contributed by atoms with Crippen LogP contribution < -0.4 is 4.72 Å². The number of likely N-dealkylation sites (tertiary alicyclic amines) is 1. The molecule has 0 radical (unpaired) electrons. The van der Waals surface area contributed by atoms with E-state index < -0.39 is 79.9 Å². The number of nitrogens with one attached hydrogen (secondary N) is 1. The molecule has 3 rings (SSSR count). The smallest absolute Gasteiger partial charge is 0.307 e. The number of ether oxygens (including phenoxy) is 1. The van der Waals surface area contributed by atoms with E-state index in [0.29, 0.717) is 12.8 Å². The van der Waals surface area contributed by atoms with Crippen LogP contribution in [0.5, 0.6) is 0 Å². The fourth-order valence-electron chi connectivity index (χ4n) is 6.85. The van der Waals surface area contributed by atoms with Gasteiger partial charge in [-0.2, -0.15) is 0 Å². The molecule has 0 bridgehead atoms. The molecule has 0 spiro atoms. The number of hydrogen-bond acceptors (Lipinski definition) is 9. The standard InChI is InChI=1S/C34H54N2O9S/c1-8-11-12-22(4)15-23(9-2)26(17-29(40)45-32(5,6)7)30(41)36-20-25(38)16-27(36)28(39)19-34(18-24(34)10-3)31(42)35-46(43,44)33(21-37)13-14-33/h8,10,22-27,37-38H,1,3,9,11-21H2,2,4-7H3,(H,35,42)/t22-,23-,24-,25-,26+,27+,34-/m1/s1. The van der Waals surface area contributed by atoms with Crippen LogP contribution in [0.25, 0.3) is 0 Å². The normalized spacial score (nSPS) is 27.2. The van der Waals surface area contributed by atoms with Gasteiger partial charge in [-0.1, -0.05) is 32.4 Å². The van der Waals surface area contributed by atoms with Crippen LogP contribution >= 0.6 is 0 Å².